The summed E-state index contributed by atoms with van der Waals surface area (Å²) >= 11 is 0. The Labute approximate surface area is 97.2 Å². The summed E-state index contributed by atoms with van der Waals surface area (Å²) in [6.45, 7) is 1.07. The second-order valence-electron chi connectivity index (χ2n) is 4.30. The second-order valence-corrected chi connectivity index (χ2v) is 4.30. The van der Waals surface area contributed by atoms with Gasteiger partial charge in [0.25, 0.3) is 0 Å². The summed E-state index contributed by atoms with van der Waals surface area (Å²) < 4.78 is 5.23. The molecule has 0 bridgehead atoms. The fourth-order valence-electron chi connectivity index (χ4n) is 2.20. The summed E-state index contributed by atoms with van der Waals surface area (Å²) in [6, 6.07) is 6.89. The molecule has 0 saturated carbocycles. The predicted octanol–water partition coefficient (Wildman–Crippen LogP) is 2.03. The van der Waals surface area contributed by atoms with Gasteiger partial charge in [-0.1, -0.05) is 0 Å². The average molecular weight is 220 g/mol. The lowest BCUT2D eigenvalue weighted by Gasteiger charge is -2.27. The number of aryl methyl sites for hydroxylation is 1. The van der Waals surface area contributed by atoms with Crippen LogP contribution < -0.4 is 15.4 Å². The number of rotatable bonds is 4. The van der Waals surface area contributed by atoms with E-state index >= 15 is 0 Å². The van der Waals surface area contributed by atoms with E-state index < -0.39 is 0 Å². The fraction of sp³-hybridized carbons (Fsp3) is 0.538. The Bertz CT molecular complexity index is 352. The number of ether oxygens (including phenoxy) is 1. The van der Waals surface area contributed by atoms with Crippen LogP contribution in [0.25, 0.3) is 0 Å². The molecule has 0 radical (unpaired) electrons. The first kappa shape index (κ1) is 11.3. The minimum Gasteiger partial charge on any atom is -0.497 e. The van der Waals surface area contributed by atoms with Gasteiger partial charge >= 0.3 is 0 Å². The summed E-state index contributed by atoms with van der Waals surface area (Å²) in [5, 5.41) is 6.78. The van der Waals surface area contributed by atoms with Crippen molar-refractivity contribution < 1.29 is 4.74 Å². The maximum absolute atomic E-state index is 5.23. The summed E-state index contributed by atoms with van der Waals surface area (Å²) in [4.78, 5) is 0. The first-order valence-corrected chi connectivity index (χ1v) is 5.91. The van der Waals surface area contributed by atoms with Crippen LogP contribution in [0.3, 0.4) is 0 Å². The lowest BCUT2D eigenvalue weighted by atomic mass is 9.96. The molecule has 16 heavy (non-hydrogen) atoms. The van der Waals surface area contributed by atoms with E-state index in [-0.39, 0.29) is 0 Å². The minimum atomic E-state index is 0.605. The lowest BCUT2D eigenvalue weighted by Crippen LogP contribution is -2.28. The van der Waals surface area contributed by atoms with Crippen molar-refractivity contribution in [2.24, 2.45) is 0 Å². The van der Waals surface area contributed by atoms with Crippen molar-refractivity contribution in [1.82, 2.24) is 5.32 Å². The van der Waals surface area contributed by atoms with Crippen LogP contribution in [0.4, 0.5) is 5.69 Å². The van der Waals surface area contributed by atoms with Crippen LogP contribution in [-0.2, 0) is 6.42 Å². The molecule has 0 spiro atoms. The highest BCUT2D eigenvalue weighted by molar-refractivity contribution is 5.56. The summed E-state index contributed by atoms with van der Waals surface area (Å²) in [5.74, 6) is 0.953. The molecule has 1 aromatic rings. The molecule has 0 fully saturated rings. The molecule has 1 aromatic carbocycles. The molecule has 0 amide bonds. The van der Waals surface area contributed by atoms with Crippen molar-refractivity contribution in [2.45, 2.75) is 25.3 Å². The Hall–Kier alpha value is -1.22. The molecular weight excluding hydrogens is 200 g/mol. The molecular formula is C13H20N2O. The third kappa shape index (κ3) is 2.47. The van der Waals surface area contributed by atoms with Gasteiger partial charge in [-0.15, -0.1) is 0 Å². The quantitative estimate of drug-likeness (QED) is 0.814. The number of benzene rings is 1. The topological polar surface area (TPSA) is 33.3 Å². The molecule has 1 aliphatic rings. The predicted molar refractivity (Wildman–Crippen MR) is 67.3 cm³/mol. The molecule has 3 heteroatoms. The monoisotopic (exact) mass is 220 g/mol. The summed E-state index contributed by atoms with van der Waals surface area (Å²) in [5.41, 5.74) is 2.65. The number of fused-ring (bicyclic) bond motifs is 1. The van der Waals surface area contributed by atoms with Gasteiger partial charge in [0.2, 0.25) is 0 Å². The van der Waals surface area contributed by atoms with Crippen molar-refractivity contribution >= 4 is 5.69 Å². The number of anilines is 1. The molecule has 88 valence electrons. The van der Waals surface area contributed by atoms with Gasteiger partial charge in [0.05, 0.1) is 7.11 Å². The highest BCUT2D eigenvalue weighted by Crippen LogP contribution is 2.29. The van der Waals surface area contributed by atoms with Gasteiger partial charge < -0.3 is 15.4 Å². The largest absolute Gasteiger partial charge is 0.497 e. The third-order valence-electron chi connectivity index (χ3n) is 3.18. The van der Waals surface area contributed by atoms with Crippen LogP contribution >= 0.6 is 0 Å². The van der Waals surface area contributed by atoms with E-state index in [2.05, 4.69) is 22.8 Å². The Morgan fingerprint density at radius 3 is 3.12 bits per heavy atom. The zero-order chi connectivity index (χ0) is 11.4. The van der Waals surface area contributed by atoms with Gasteiger partial charge in [-0.05, 0) is 56.6 Å². The Kier molecular flexibility index (Phi) is 3.67. The standard InChI is InChI=1S/C13H20N2O/c1-14-8-7-11-4-3-10-9-12(16-2)5-6-13(10)15-11/h5-6,9,11,14-15H,3-4,7-8H2,1-2H3. The summed E-state index contributed by atoms with van der Waals surface area (Å²) in [7, 11) is 3.72. The normalized spacial score (nSPS) is 18.8. The van der Waals surface area contributed by atoms with Crippen LogP contribution in [0.2, 0.25) is 0 Å². The molecule has 1 heterocycles. The lowest BCUT2D eigenvalue weighted by molar-refractivity contribution is 0.414. The molecule has 2 rings (SSSR count). The number of methoxy groups -OCH3 is 1. The van der Waals surface area contributed by atoms with E-state index in [0.717, 1.165) is 18.7 Å². The van der Waals surface area contributed by atoms with E-state index in [1.165, 1.54) is 24.1 Å². The highest BCUT2D eigenvalue weighted by Gasteiger charge is 2.17. The Morgan fingerprint density at radius 2 is 2.38 bits per heavy atom. The highest BCUT2D eigenvalue weighted by atomic mass is 16.5. The van der Waals surface area contributed by atoms with Gasteiger partial charge in [-0.3, -0.25) is 0 Å². The van der Waals surface area contributed by atoms with Crippen molar-refractivity contribution in [3.05, 3.63) is 23.8 Å². The first-order chi connectivity index (χ1) is 7.83. The van der Waals surface area contributed by atoms with Crippen molar-refractivity contribution in [3.63, 3.8) is 0 Å². The number of hydrogen-bond donors (Lipinski definition) is 2. The smallest absolute Gasteiger partial charge is 0.119 e. The van der Waals surface area contributed by atoms with Gasteiger partial charge in [0.1, 0.15) is 5.75 Å². The van der Waals surface area contributed by atoms with Crippen molar-refractivity contribution in [2.75, 3.05) is 26.0 Å². The maximum Gasteiger partial charge on any atom is 0.119 e. The maximum atomic E-state index is 5.23. The van der Waals surface area contributed by atoms with Crippen LogP contribution in [-0.4, -0.2) is 26.7 Å². The molecule has 2 N–H and O–H groups in total. The molecule has 3 nitrogen and oxygen atoms in total. The SMILES string of the molecule is CNCCC1CCc2cc(OC)ccc2N1. The van der Waals surface area contributed by atoms with Gasteiger partial charge in [-0.2, -0.15) is 0 Å². The first-order valence-electron chi connectivity index (χ1n) is 5.91. The zero-order valence-electron chi connectivity index (χ0n) is 10.0. The average Bonchev–Trinajstić information content (AvgIpc) is 2.35. The molecule has 1 atom stereocenters. The molecule has 0 saturated heterocycles. The summed E-state index contributed by atoms with van der Waals surface area (Å²) in [6.07, 6.45) is 3.54. The second kappa shape index (κ2) is 5.21. The van der Waals surface area contributed by atoms with Crippen molar-refractivity contribution in [3.8, 4) is 5.75 Å². The van der Waals surface area contributed by atoms with E-state index in [4.69, 9.17) is 4.74 Å². The van der Waals surface area contributed by atoms with Crippen LogP contribution in [0.1, 0.15) is 18.4 Å². The molecule has 1 aliphatic heterocycles. The van der Waals surface area contributed by atoms with Gasteiger partial charge in [0, 0.05) is 11.7 Å². The Morgan fingerprint density at radius 1 is 1.50 bits per heavy atom. The van der Waals surface area contributed by atoms with Crippen LogP contribution in [0, 0.1) is 0 Å². The van der Waals surface area contributed by atoms with Crippen LogP contribution in [0.15, 0.2) is 18.2 Å². The minimum absolute atomic E-state index is 0.605. The molecule has 1 unspecified atom stereocenters. The van der Waals surface area contributed by atoms with Crippen molar-refractivity contribution in [1.29, 1.82) is 0 Å². The van der Waals surface area contributed by atoms with E-state index in [9.17, 15) is 0 Å². The molecule has 0 aliphatic carbocycles. The third-order valence-corrected chi connectivity index (χ3v) is 3.18. The van der Waals surface area contributed by atoms with Gasteiger partial charge in [-0.25, -0.2) is 0 Å². The van der Waals surface area contributed by atoms with E-state index in [1.54, 1.807) is 7.11 Å². The van der Waals surface area contributed by atoms with E-state index in [1.807, 2.05) is 13.1 Å². The van der Waals surface area contributed by atoms with Gasteiger partial charge in [0.15, 0.2) is 0 Å². The zero-order valence-corrected chi connectivity index (χ0v) is 10.0. The molecule has 0 aromatic heterocycles. The van der Waals surface area contributed by atoms with Crippen LogP contribution in [0.5, 0.6) is 5.75 Å². The van der Waals surface area contributed by atoms with E-state index in [0.29, 0.717) is 6.04 Å². The number of nitrogens with one attached hydrogen (secondary N) is 2. The Balaban J connectivity index is 2.04. The number of hydrogen-bond acceptors (Lipinski definition) is 3. The fourth-order valence-corrected chi connectivity index (χ4v) is 2.20.